The number of ether oxygens (including phenoxy) is 2. The Kier molecular flexibility index (Phi) is 6.92. The number of benzene rings is 2. The average molecular weight is 412 g/mol. The van der Waals surface area contributed by atoms with Gasteiger partial charge in [0.1, 0.15) is 0 Å². The second kappa shape index (κ2) is 9.80. The van der Waals surface area contributed by atoms with E-state index in [4.69, 9.17) is 21.1 Å². The van der Waals surface area contributed by atoms with Crippen molar-refractivity contribution in [1.82, 2.24) is 15.1 Å². The highest BCUT2D eigenvalue weighted by Crippen LogP contribution is 2.36. The van der Waals surface area contributed by atoms with Crippen molar-refractivity contribution in [2.24, 2.45) is 0 Å². The molecule has 0 aliphatic rings. The number of nitrogens with zero attached hydrogens (tertiary/aromatic N) is 2. The first-order chi connectivity index (χ1) is 14.1. The fourth-order valence-corrected chi connectivity index (χ4v) is 3.13. The van der Waals surface area contributed by atoms with Gasteiger partial charge >= 0.3 is 0 Å². The maximum Gasteiger partial charge on any atom is 0.244 e. The monoisotopic (exact) mass is 411 g/mol. The van der Waals surface area contributed by atoms with E-state index in [1.54, 1.807) is 29.1 Å². The standard InChI is InChI=1S/C22H22ClN3O3/c1-28-20-15-17(14-19(23)22(20)29-2)6-9-21(27)24-12-10-16-4-7-18(8-5-16)26-13-3-11-25-26/h3-9,11,13-15H,10,12H2,1-2H3,(H,24,27)/b9-6+. The molecule has 0 unspecified atom stereocenters. The zero-order chi connectivity index (χ0) is 20.6. The first-order valence-corrected chi connectivity index (χ1v) is 9.45. The van der Waals surface area contributed by atoms with E-state index in [1.165, 1.54) is 20.3 Å². The zero-order valence-corrected chi connectivity index (χ0v) is 17.0. The number of hydrogen-bond donors (Lipinski definition) is 1. The quantitative estimate of drug-likeness (QED) is 0.571. The average Bonchev–Trinajstić information content (AvgIpc) is 3.27. The molecule has 0 spiro atoms. The summed E-state index contributed by atoms with van der Waals surface area (Å²) in [6.07, 6.45) is 7.53. The van der Waals surface area contributed by atoms with E-state index in [0.717, 1.165) is 23.2 Å². The molecule has 0 bridgehead atoms. The van der Waals surface area contributed by atoms with E-state index in [9.17, 15) is 4.79 Å². The predicted molar refractivity (Wildman–Crippen MR) is 114 cm³/mol. The Morgan fingerprint density at radius 2 is 2.00 bits per heavy atom. The van der Waals surface area contributed by atoms with Crippen molar-refractivity contribution in [1.29, 1.82) is 0 Å². The lowest BCUT2D eigenvalue weighted by molar-refractivity contribution is -0.116. The highest BCUT2D eigenvalue weighted by Gasteiger charge is 2.09. The number of carbonyl (C=O) groups excluding carboxylic acids is 1. The number of halogens is 1. The number of carbonyl (C=O) groups is 1. The number of amides is 1. The van der Waals surface area contributed by atoms with Gasteiger partial charge in [-0.1, -0.05) is 23.7 Å². The van der Waals surface area contributed by atoms with Crippen LogP contribution in [0.3, 0.4) is 0 Å². The van der Waals surface area contributed by atoms with Crippen molar-refractivity contribution in [2.75, 3.05) is 20.8 Å². The van der Waals surface area contributed by atoms with E-state index in [1.807, 2.05) is 36.5 Å². The third kappa shape index (κ3) is 5.39. The molecule has 29 heavy (non-hydrogen) atoms. The van der Waals surface area contributed by atoms with E-state index in [2.05, 4.69) is 10.4 Å². The molecule has 0 fully saturated rings. The minimum absolute atomic E-state index is 0.177. The summed E-state index contributed by atoms with van der Waals surface area (Å²) in [6, 6.07) is 13.4. The first-order valence-electron chi connectivity index (χ1n) is 9.07. The van der Waals surface area contributed by atoms with Crippen LogP contribution < -0.4 is 14.8 Å². The Labute approximate surface area is 174 Å². The van der Waals surface area contributed by atoms with Crippen LogP contribution in [0.1, 0.15) is 11.1 Å². The van der Waals surface area contributed by atoms with Gasteiger partial charge in [-0.3, -0.25) is 4.79 Å². The molecular weight excluding hydrogens is 390 g/mol. The summed E-state index contributed by atoms with van der Waals surface area (Å²) in [7, 11) is 3.06. The predicted octanol–water partition coefficient (Wildman–Crippen LogP) is 3.92. The second-order valence-electron chi connectivity index (χ2n) is 6.23. The minimum Gasteiger partial charge on any atom is -0.493 e. The van der Waals surface area contributed by atoms with Crippen LogP contribution in [-0.2, 0) is 11.2 Å². The molecule has 3 rings (SSSR count). The van der Waals surface area contributed by atoms with E-state index in [-0.39, 0.29) is 5.91 Å². The van der Waals surface area contributed by atoms with Crippen LogP contribution in [0.15, 0.2) is 60.9 Å². The number of hydrogen-bond acceptors (Lipinski definition) is 4. The van der Waals surface area contributed by atoms with Gasteiger partial charge in [-0.05, 0) is 54.0 Å². The lowest BCUT2D eigenvalue weighted by Gasteiger charge is -2.10. The molecule has 1 heterocycles. The van der Waals surface area contributed by atoms with Crippen LogP contribution in [-0.4, -0.2) is 36.5 Å². The maximum absolute atomic E-state index is 12.1. The van der Waals surface area contributed by atoms with E-state index < -0.39 is 0 Å². The van der Waals surface area contributed by atoms with Crippen LogP contribution in [0.5, 0.6) is 11.5 Å². The molecule has 0 saturated heterocycles. The van der Waals surface area contributed by atoms with Gasteiger partial charge in [0.25, 0.3) is 0 Å². The van der Waals surface area contributed by atoms with Crippen LogP contribution in [0.2, 0.25) is 5.02 Å². The molecule has 0 aliphatic carbocycles. The molecule has 6 nitrogen and oxygen atoms in total. The summed E-state index contributed by atoms with van der Waals surface area (Å²) in [5.74, 6) is 0.803. The topological polar surface area (TPSA) is 65.4 Å². The Morgan fingerprint density at radius 3 is 2.66 bits per heavy atom. The van der Waals surface area contributed by atoms with Gasteiger partial charge < -0.3 is 14.8 Å². The van der Waals surface area contributed by atoms with Gasteiger partial charge in [0.05, 0.1) is 24.9 Å². The molecule has 2 aromatic carbocycles. The van der Waals surface area contributed by atoms with Crippen LogP contribution in [0.25, 0.3) is 11.8 Å². The maximum atomic E-state index is 12.1. The van der Waals surface area contributed by atoms with Crippen molar-refractivity contribution >= 4 is 23.6 Å². The SMILES string of the molecule is COc1cc(/C=C/C(=O)NCCc2ccc(-n3cccn3)cc2)cc(Cl)c1OC. The Bertz CT molecular complexity index is 983. The molecule has 7 heteroatoms. The molecule has 1 amide bonds. The Morgan fingerprint density at radius 1 is 1.21 bits per heavy atom. The van der Waals surface area contributed by atoms with Crippen molar-refractivity contribution in [3.63, 3.8) is 0 Å². The summed E-state index contributed by atoms with van der Waals surface area (Å²) in [4.78, 5) is 12.1. The second-order valence-corrected chi connectivity index (χ2v) is 6.64. The van der Waals surface area contributed by atoms with E-state index >= 15 is 0 Å². The molecule has 1 N–H and O–H groups in total. The lowest BCUT2D eigenvalue weighted by Crippen LogP contribution is -2.23. The van der Waals surface area contributed by atoms with Crippen LogP contribution in [0, 0.1) is 0 Å². The minimum atomic E-state index is -0.177. The fraction of sp³-hybridized carbons (Fsp3) is 0.182. The van der Waals surface area contributed by atoms with Crippen molar-refractivity contribution in [3.8, 4) is 17.2 Å². The van der Waals surface area contributed by atoms with Gasteiger partial charge in [0.15, 0.2) is 11.5 Å². The summed E-state index contributed by atoms with van der Waals surface area (Å²) in [5, 5.41) is 7.50. The molecule has 0 aliphatic heterocycles. The highest BCUT2D eigenvalue weighted by molar-refractivity contribution is 6.32. The third-order valence-electron chi connectivity index (χ3n) is 4.30. The van der Waals surface area contributed by atoms with Crippen molar-refractivity contribution in [3.05, 3.63) is 77.1 Å². The van der Waals surface area contributed by atoms with Gasteiger partial charge in [-0.15, -0.1) is 0 Å². The summed E-state index contributed by atoms with van der Waals surface area (Å²) in [5.41, 5.74) is 2.88. The fourth-order valence-electron chi connectivity index (χ4n) is 2.83. The normalized spacial score (nSPS) is 10.9. The summed E-state index contributed by atoms with van der Waals surface area (Å²) >= 11 is 6.18. The molecule has 0 atom stereocenters. The van der Waals surface area contributed by atoms with Gasteiger partial charge in [-0.25, -0.2) is 4.68 Å². The molecular formula is C22H22ClN3O3. The number of aromatic nitrogens is 2. The molecule has 3 aromatic rings. The summed E-state index contributed by atoms with van der Waals surface area (Å²) in [6.45, 7) is 0.539. The van der Waals surface area contributed by atoms with Gasteiger partial charge in [0, 0.05) is 25.0 Å². The van der Waals surface area contributed by atoms with Crippen molar-refractivity contribution in [2.45, 2.75) is 6.42 Å². The molecule has 1 aromatic heterocycles. The molecule has 150 valence electrons. The zero-order valence-electron chi connectivity index (χ0n) is 16.3. The highest BCUT2D eigenvalue weighted by atomic mass is 35.5. The Balaban J connectivity index is 1.52. The van der Waals surface area contributed by atoms with Gasteiger partial charge in [0.2, 0.25) is 5.91 Å². The Hall–Kier alpha value is -3.25. The number of methoxy groups -OCH3 is 2. The van der Waals surface area contributed by atoms with Crippen LogP contribution >= 0.6 is 11.6 Å². The van der Waals surface area contributed by atoms with E-state index in [0.29, 0.717) is 23.1 Å². The largest absolute Gasteiger partial charge is 0.493 e. The lowest BCUT2D eigenvalue weighted by atomic mass is 10.1. The number of nitrogens with one attached hydrogen (secondary N) is 1. The van der Waals surface area contributed by atoms with Crippen molar-refractivity contribution < 1.29 is 14.3 Å². The molecule has 0 radical (unpaired) electrons. The smallest absolute Gasteiger partial charge is 0.244 e. The third-order valence-corrected chi connectivity index (χ3v) is 4.58. The summed E-state index contributed by atoms with van der Waals surface area (Å²) < 4.78 is 12.3. The molecule has 0 saturated carbocycles. The van der Waals surface area contributed by atoms with Crippen LogP contribution in [0.4, 0.5) is 0 Å². The van der Waals surface area contributed by atoms with Gasteiger partial charge in [-0.2, -0.15) is 5.10 Å². The number of rotatable bonds is 8. The first kappa shape index (κ1) is 20.5.